The predicted octanol–water partition coefficient (Wildman–Crippen LogP) is 8.41. The molecule has 6 heteroatoms. The van der Waals surface area contributed by atoms with E-state index in [2.05, 4.69) is 45.2 Å². The Morgan fingerprint density at radius 3 is 2.42 bits per heavy atom. The van der Waals surface area contributed by atoms with Gasteiger partial charge in [0.2, 0.25) is 0 Å². The van der Waals surface area contributed by atoms with Crippen LogP contribution in [0.3, 0.4) is 0 Å². The summed E-state index contributed by atoms with van der Waals surface area (Å²) in [5.41, 5.74) is 0.936. The molecule has 36 heavy (non-hydrogen) atoms. The van der Waals surface area contributed by atoms with E-state index in [1.807, 2.05) is 0 Å². The lowest BCUT2D eigenvalue weighted by Crippen LogP contribution is -2.56. The van der Waals surface area contributed by atoms with E-state index < -0.39 is 0 Å². The molecule has 0 aromatic rings. The highest BCUT2D eigenvalue weighted by Gasteiger charge is 2.60. The molecule has 0 saturated heterocycles. The summed E-state index contributed by atoms with van der Waals surface area (Å²) in [6.07, 6.45) is 15.8. The van der Waals surface area contributed by atoms with Crippen molar-refractivity contribution in [2.24, 2.45) is 57.5 Å². The van der Waals surface area contributed by atoms with Crippen molar-refractivity contribution >= 4 is 17.6 Å². The molecule has 4 rings (SSSR count). The second-order valence-corrected chi connectivity index (χ2v) is 14.4. The Labute approximate surface area is 225 Å². The Kier molecular flexibility index (Phi) is 9.00. The molecular weight excluding hydrogens is 470 g/mol. The molecule has 206 valence electrons. The molecule has 0 unspecified atom stereocenters. The number of urea groups is 1. The SMILES string of the molecule is CC(C)CCC[C@@H](C)[C@H]1CC[C@H]2[C@@H]3CC[C@H]4C[C@H](NC(=O)N(CCCl)N=O)CC[C@]4(C)[C@H]3CC[C@]12C. The van der Waals surface area contributed by atoms with Crippen molar-refractivity contribution in [3.8, 4) is 0 Å². The second-order valence-electron chi connectivity index (χ2n) is 14.0. The van der Waals surface area contributed by atoms with Gasteiger partial charge in [-0.1, -0.05) is 53.9 Å². The molecule has 0 bridgehead atoms. The molecule has 0 aliphatic heterocycles. The third-order valence-corrected chi connectivity index (χ3v) is 12.0. The highest BCUT2D eigenvalue weighted by atomic mass is 35.5. The third-order valence-electron chi connectivity index (χ3n) is 11.8. The van der Waals surface area contributed by atoms with Crippen LogP contribution in [0.25, 0.3) is 0 Å². The van der Waals surface area contributed by atoms with E-state index in [1.54, 1.807) is 0 Å². The van der Waals surface area contributed by atoms with E-state index in [4.69, 9.17) is 11.6 Å². The summed E-state index contributed by atoms with van der Waals surface area (Å²) in [4.78, 5) is 23.5. The van der Waals surface area contributed by atoms with Crippen LogP contribution in [0.4, 0.5) is 4.79 Å². The van der Waals surface area contributed by atoms with Crippen LogP contribution in [0, 0.1) is 57.2 Å². The fraction of sp³-hybridized carbons (Fsp3) is 0.967. The van der Waals surface area contributed by atoms with Gasteiger partial charge in [0.25, 0.3) is 0 Å². The average molecular weight is 522 g/mol. The fourth-order valence-electron chi connectivity index (χ4n) is 9.92. The number of carbonyl (C=O) groups excluding carboxylic acids is 1. The molecule has 4 saturated carbocycles. The lowest BCUT2D eigenvalue weighted by molar-refractivity contribution is -0.117. The standard InChI is InChI=1S/C30H52ClN3O2/c1-20(2)7-6-8-21(3)25-11-12-26-24-10-9-22-19-23(32-28(35)34(33-36)18-17-31)13-15-29(22,4)27(24)14-16-30(25,26)5/h20-27H,6-19H2,1-5H3,(H,32,35)/t21-,22+,23-,24+,25-,26+,27+,29+,30-/m1/s1. The predicted molar refractivity (Wildman–Crippen MR) is 149 cm³/mol. The first-order valence-corrected chi connectivity index (χ1v) is 15.6. The van der Waals surface area contributed by atoms with Gasteiger partial charge in [0.1, 0.15) is 0 Å². The zero-order valence-electron chi connectivity index (χ0n) is 23.6. The summed E-state index contributed by atoms with van der Waals surface area (Å²) in [7, 11) is 0. The normalized spacial score (nSPS) is 40.6. The van der Waals surface area contributed by atoms with Gasteiger partial charge in [0.15, 0.2) is 0 Å². The van der Waals surface area contributed by atoms with Crippen LogP contribution in [0.15, 0.2) is 5.29 Å². The Hall–Kier alpha value is -0.840. The van der Waals surface area contributed by atoms with Crippen LogP contribution in [-0.4, -0.2) is 29.5 Å². The molecule has 0 spiro atoms. The monoisotopic (exact) mass is 521 g/mol. The second kappa shape index (κ2) is 11.5. The van der Waals surface area contributed by atoms with Gasteiger partial charge in [0.05, 0.1) is 11.8 Å². The number of amides is 2. The highest BCUT2D eigenvalue weighted by molar-refractivity contribution is 6.18. The molecule has 0 aromatic heterocycles. The summed E-state index contributed by atoms with van der Waals surface area (Å²) in [5.74, 6) is 6.12. The van der Waals surface area contributed by atoms with E-state index >= 15 is 0 Å². The Balaban J connectivity index is 1.38. The smallest absolute Gasteiger partial charge is 0.334 e. The number of nitrogens with zero attached hydrogens (tertiary/aromatic N) is 2. The Bertz CT molecular complexity index is 777. The first-order chi connectivity index (χ1) is 17.1. The van der Waals surface area contributed by atoms with Gasteiger partial charge in [-0.25, -0.2) is 4.79 Å². The minimum Gasteiger partial charge on any atom is -0.334 e. The van der Waals surface area contributed by atoms with Gasteiger partial charge in [-0.2, -0.15) is 5.01 Å². The van der Waals surface area contributed by atoms with Crippen LogP contribution >= 0.6 is 11.6 Å². The summed E-state index contributed by atoms with van der Waals surface area (Å²) in [6, 6.07) is -0.246. The maximum Gasteiger partial charge on any atom is 0.340 e. The average Bonchev–Trinajstić information content (AvgIpc) is 3.19. The number of rotatable bonds is 9. The lowest BCUT2D eigenvalue weighted by Gasteiger charge is -2.61. The molecule has 0 aromatic carbocycles. The summed E-state index contributed by atoms with van der Waals surface area (Å²) in [5, 5.41) is 6.89. The molecular formula is C30H52ClN3O2. The van der Waals surface area contributed by atoms with Crippen LogP contribution in [0.1, 0.15) is 112 Å². The number of halogens is 1. The van der Waals surface area contributed by atoms with Gasteiger partial charge in [0, 0.05) is 11.9 Å². The molecule has 2 amide bonds. The number of nitrogens with one attached hydrogen (secondary N) is 1. The van der Waals surface area contributed by atoms with Gasteiger partial charge < -0.3 is 5.32 Å². The minimum absolute atomic E-state index is 0.142. The zero-order valence-corrected chi connectivity index (χ0v) is 24.4. The van der Waals surface area contributed by atoms with Gasteiger partial charge in [-0.3, -0.25) is 0 Å². The van der Waals surface area contributed by atoms with E-state index in [0.717, 1.165) is 53.4 Å². The van der Waals surface area contributed by atoms with E-state index in [-0.39, 0.29) is 24.5 Å². The van der Waals surface area contributed by atoms with Crippen LogP contribution in [-0.2, 0) is 0 Å². The summed E-state index contributed by atoms with van der Waals surface area (Å²) >= 11 is 5.72. The van der Waals surface area contributed by atoms with E-state index in [1.165, 1.54) is 64.2 Å². The van der Waals surface area contributed by atoms with Crippen molar-refractivity contribution < 1.29 is 4.79 Å². The largest absolute Gasteiger partial charge is 0.340 e. The number of fused-ring (bicyclic) bond motifs is 5. The number of nitroso groups, excluding NO2 is 1. The highest BCUT2D eigenvalue weighted by Crippen LogP contribution is 2.68. The maximum absolute atomic E-state index is 12.5. The minimum atomic E-state index is -0.388. The zero-order chi connectivity index (χ0) is 26.1. The topological polar surface area (TPSA) is 61.8 Å². The van der Waals surface area contributed by atoms with Crippen molar-refractivity contribution in [1.29, 1.82) is 0 Å². The number of hydrogen-bond acceptors (Lipinski definition) is 3. The van der Waals surface area contributed by atoms with Gasteiger partial charge in [-0.15, -0.1) is 16.5 Å². The molecule has 4 fully saturated rings. The molecule has 1 N–H and O–H groups in total. The van der Waals surface area contributed by atoms with Crippen molar-refractivity contribution in [3.05, 3.63) is 4.91 Å². The molecule has 4 aliphatic carbocycles. The Morgan fingerprint density at radius 1 is 1.00 bits per heavy atom. The van der Waals surface area contributed by atoms with Crippen molar-refractivity contribution in [3.63, 3.8) is 0 Å². The first-order valence-electron chi connectivity index (χ1n) is 15.1. The summed E-state index contributed by atoms with van der Waals surface area (Å²) < 4.78 is 0. The quantitative estimate of drug-likeness (QED) is 0.188. The molecule has 0 heterocycles. The van der Waals surface area contributed by atoms with Gasteiger partial charge in [-0.05, 0) is 110 Å². The van der Waals surface area contributed by atoms with Gasteiger partial charge >= 0.3 is 6.03 Å². The molecule has 0 radical (unpaired) electrons. The summed E-state index contributed by atoms with van der Waals surface area (Å²) in [6.45, 7) is 12.7. The van der Waals surface area contributed by atoms with Crippen LogP contribution in [0.2, 0.25) is 0 Å². The van der Waals surface area contributed by atoms with Crippen LogP contribution < -0.4 is 5.32 Å². The maximum atomic E-state index is 12.5. The van der Waals surface area contributed by atoms with E-state index in [9.17, 15) is 9.70 Å². The fourth-order valence-corrected chi connectivity index (χ4v) is 10.1. The molecule has 4 aliphatic rings. The van der Waals surface area contributed by atoms with Crippen molar-refractivity contribution in [1.82, 2.24) is 10.3 Å². The van der Waals surface area contributed by atoms with Crippen molar-refractivity contribution in [2.45, 2.75) is 118 Å². The van der Waals surface area contributed by atoms with Crippen LogP contribution in [0.5, 0.6) is 0 Å². The third kappa shape index (κ3) is 5.34. The molecule has 9 atom stereocenters. The lowest BCUT2D eigenvalue weighted by atomic mass is 9.44. The number of hydrogen-bond donors (Lipinski definition) is 1. The Morgan fingerprint density at radius 2 is 1.72 bits per heavy atom. The molecule has 5 nitrogen and oxygen atoms in total. The van der Waals surface area contributed by atoms with Crippen molar-refractivity contribution in [2.75, 3.05) is 12.4 Å². The van der Waals surface area contributed by atoms with E-state index in [0.29, 0.717) is 16.7 Å². The first kappa shape index (κ1) is 28.2. The number of alkyl halides is 1. The number of carbonyl (C=O) groups is 1.